The molecule has 1 N–H and O–H groups in total. The van der Waals surface area contributed by atoms with Gasteiger partial charge in [-0.2, -0.15) is 0 Å². The zero-order valence-corrected chi connectivity index (χ0v) is 9.01. The van der Waals surface area contributed by atoms with Crippen molar-refractivity contribution in [3.63, 3.8) is 0 Å². The van der Waals surface area contributed by atoms with Crippen LogP contribution in [-0.4, -0.2) is 26.8 Å². The van der Waals surface area contributed by atoms with Crippen LogP contribution in [0, 0.1) is 11.8 Å². The highest BCUT2D eigenvalue weighted by atomic mass is 16.5. The minimum Gasteiger partial charge on any atom is -0.385 e. The Morgan fingerprint density at radius 1 is 1.38 bits per heavy atom. The van der Waals surface area contributed by atoms with Gasteiger partial charge >= 0.3 is 0 Å². The van der Waals surface area contributed by atoms with Crippen LogP contribution in [0.1, 0.15) is 32.6 Å². The molecule has 0 aromatic heterocycles. The van der Waals surface area contributed by atoms with Crippen LogP contribution in [0.4, 0.5) is 0 Å². The lowest BCUT2D eigenvalue weighted by atomic mass is 9.83. The first kappa shape index (κ1) is 11.0. The average Bonchev–Trinajstić information content (AvgIpc) is 2.19. The molecule has 0 aromatic rings. The molecule has 0 saturated carbocycles. The van der Waals surface area contributed by atoms with Crippen molar-refractivity contribution < 1.29 is 4.74 Å². The van der Waals surface area contributed by atoms with Crippen LogP contribution < -0.4 is 5.32 Å². The van der Waals surface area contributed by atoms with E-state index in [1.807, 2.05) is 0 Å². The Kier molecular flexibility index (Phi) is 5.40. The molecule has 2 nitrogen and oxygen atoms in total. The first-order valence-corrected chi connectivity index (χ1v) is 5.54. The van der Waals surface area contributed by atoms with Gasteiger partial charge < -0.3 is 10.1 Å². The lowest BCUT2D eigenvalue weighted by Crippen LogP contribution is -2.30. The average molecular weight is 185 g/mol. The monoisotopic (exact) mass is 185 g/mol. The van der Waals surface area contributed by atoms with Crippen LogP contribution in [0.2, 0.25) is 0 Å². The van der Waals surface area contributed by atoms with Gasteiger partial charge in [-0.15, -0.1) is 0 Å². The lowest BCUT2D eigenvalue weighted by Gasteiger charge is -2.28. The highest BCUT2D eigenvalue weighted by Crippen LogP contribution is 2.25. The summed E-state index contributed by atoms with van der Waals surface area (Å²) in [5.74, 6) is 1.84. The minimum atomic E-state index is 0.886. The molecule has 0 bridgehead atoms. The van der Waals surface area contributed by atoms with Crippen LogP contribution in [0.3, 0.4) is 0 Å². The van der Waals surface area contributed by atoms with Crippen molar-refractivity contribution >= 4 is 0 Å². The second-order valence-corrected chi connectivity index (χ2v) is 4.20. The maximum absolute atomic E-state index is 5.07. The predicted octanol–water partition coefficient (Wildman–Crippen LogP) is 2.05. The third-order valence-corrected chi connectivity index (χ3v) is 3.20. The fraction of sp³-hybridized carbons (Fsp3) is 1.00. The fourth-order valence-corrected chi connectivity index (χ4v) is 2.20. The van der Waals surface area contributed by atoms with Crippen molar-refractivity contribution in [2.24, 2.45) is 11.8 Å². The maximum atomic E-state index is 5.07. The Bertz CT molecular complexity index is 121. The van der Waals surface area contributed by atoms with Gasteiger partial charge in [-0.05, 0) is 50.6 Å². The molecule has 2 heteroatoms. The van der Waals surface area contributed by atoms with E-state index in [2.05, 4.69) is 12.2 Å². The number of hydrogen-bond acceptors (Lipinski definition) is 2. The van der Waals surface area contributed by atoms with Gasteiger partial charge in [0, 0.05) is 13.7 Å². The van der Waals surface area contributed by atoms with Crippen LogP contribution in [0.15, 0.2) is 0 Å². The zero-order chi connectivity index (χ0) is 9.52. The number of hydrogen-bond donors (Lipinski definition) is 1. The highest BCUT2D eigenvalue weighted by Gasteiger charge is 2.18. The standard InChI is InChI=1S/C11H23NO/c1-10(4-3-9-13-2)11-5-7-12-8-6-11/h10-12H,3-9H2,1-2H3. The van der Waals surface area contributed by atoms with E-state index in [9.17, 15) is 0 Å². The second kappa shape index (κ2) is 6.39. The van der Waals surface area contributed by atoms with E-state index in [1.54, 1.807) is 7.11 Å². The molecular formula is C11H23NO. The summed E-state index contributed by atoms with van der Waals surface area (Å²) >= 11 is 0. The Labute approximate surface area is 82.0 Å². The molecule has 1 heterocycles. The van der Waals surface area contributed by atoms with E-state index in [1.165, 1.54) is 38.8 Å². The molecule has 1 saturated heterocycles. The van der Waals surface area contributed by atoms with Gasteiger partial charge in [-0.25, -0.2) is 0 Å². The molecule has 1 atom stereocenters. The topological polar surface area (TPSA) is 21.3 Å². The summed E-state index contributed by atoms with van der Waals surface area (Å²) in [4.78, 5) is 0. The van der Waals surface area contributed by atoms with Gasteiger partial charge in [0.15, 0.2) is 0 Å². The first-order chi connectivity index (χ1) is 6.34. The minimum absolute atomic E-state index is 0.886. The van der Waals surface area contributed by atoms with Crippen molar-refractivity contribution in [3.05, 3.63) is 0 Å². The molecule has 1 aliphatic rings. The molecule has 0 aromatic carbocycles. The summed E-state index contributed by atoms with van der Waals surface area (Å²) in [5, 5.41) is 3.41. The summed E-state index contributed by atoms with van der Waals surface area (Å²) in [5.41, 5.74) is 0. The zero-order valence-electron chi connectivity index (χ0n) is 9.01. The van der Waals surface area contributed by atoms with E-state index < -0.39 is 0 Å². The van der Waals surface area contributed by atoms with Crippen molar-refractivity contribution in [2.45, 2.75) is 32.6 Å². The quantitative estimate of drug-likeness (QED) is 0.662. The number of methoxy groups -OCH3 is 1. The molecular weight excluding hydrogens is 162 g/mol. The van der Waals surface area contributed by atoms with E-state index in [0.717, 1.165) is 18.4 Å². The summed E-state index contributed by atoms with van der Waals surface area (Å²) in [6.07, 6.45) is 5.29. The van der Waals surface area contributed by atoms with E-state index in [-0.39, 0.29) is 0 Å². The van der Waals surface area contributed by atoms with E-state index in [0.29, 0.717) is 0 Å². The smallest absolute Gasteiger partial charge is 0.0462 e. The van der Waals surface area contributed by atoms with Gasteiger partial charge in [0.1, 0.15) is 0 Å². The number of rotatable bonds is 5. The van der Waals surface area contributed by atoms with Gasteiger partial charge in [0.25, 0.3) is 0 Å². The summed E-state index contributed by atoms with van der Waals surface area (Å²) in [6, 6.07) is 0. The number of ether oxygens (including phenoxy) is 1. The normalized spacial score (nSPS) is 21.7. The lowest BCUT2D eigenvalue weighted by molar-refractivity contribution is 0.176. The van der Waals surface area contributed by atoms with Gasteiger partial charge in [-0.3, -0.25) is 0 Å². The molecule has 0 amide bonds. The molecule has 1 rings (SSSR count). The molecule has 1 unspecified atom stereocenters. The van der Waals surface area contributed by atoms with Gasteiger partial charge in [0.2, 0.25) is 0 Å². The first-order valence-electron chi connectivity index (χ1n) is 5.54. The Balaban J connectivity index is 2.09. The number of piperidine rings is 1. The molecule has 0 aliphatic carbocycles. The highest BCUT2D eigenvalue weighted by molar-refractivity contribution is 4.73. The van der Waals surface area contributed by atoms with E-state index >= 15 is 0 Å². The molecule has 1 aliphatic heterocycles. The van der Waals surface area contributed by atoms with Crippen LogP contribution in [0.5, 0.6) is 0 Å². The summed E-state index contributed by atoms with van der Waals surface area (Å²) < 4.78 is 5.07. The third kappa shape index (κ3) is 4.10. The van der Waals surface area contributed by atoms with Gasteiger partial charge in [-0.1, -0.05) is 6.92 Å². The largest absolute Gasteiger partial charge is 0.385 e. The molecule has 0 radical (unpaired) electrons. The van der Waals surface area contributed by atoms with Crippen molar-refractivity contribution in [2.75, 3.05) is 26.8 Å². The van der Waals surface area contributed by atoms with E-state index in [4.69, 9.17) is 4.74 Å². The van der Waals surface area contributed by atoms with Crippen molar-refractivity contribution in [1.29, 1.82) is 0 Å². The van der Waals surface area contributed by atoms with Crippen molar-refractivity contribution in [3.8, 4) is 0 Å². The summed E-state index contributed by atoms with van der Waals surface area (Å²) in [7, 11) is 1.79. The molecule has 13 heavy (non-hydrogen) atoms. The number of nitrogens with one attached hydrogen (secondary N) is 1. The molecule has 0 spiro atoms. The molecule has 1 fully saturated rings. The fourth-order valence-electron chi connectivity index (χ4n) is 2.20. The molecule has 78 valence electrons. The maximum Gasteiger partial charge on any atom is 0.0462 e. The third-order valence-electron chi connectivity index (χ3n) is 3.20. The van der Waals surface area contributed by atoms with Crippen LogP contribution >= 0.6 is 0 Å². The van der Waals surface area contributed by atoms with Gasteiger partial charge in [0.05, 0.1) is 0 Å². The Hall–Kier alpha value is -0.0800. The van der Waals surface area contributed by atoms with Crippen LogP contribution in [0.25, 0.3) is 0 Å². The Morgan fingerprint density at radius 2 is 2.08 bits per heavy atom. The predicted molar refractivity (Wildman–Crippen MR) is 55.9 cm³/mol. The summed E-state index contributed by atoms with van der Waals surface area (Å²) in [6.45, 7) is 5.76. The SMILES string of the molecule is COCCCC(C)C1CCNCC1. The van der Waals surface area contributed by atoms with Crippen molar-refractivity contribution in [1.82, 2.24) is 5.32 Å². The Morgan fingerprint density at radius 3 is 2.69 bits per heavy atom. The second-order valence-electron chi connectivity index (χ2n) is 4.20. The van der Waals surface area contributed by atoms with Crippen LogP contribution in [-0.2, 0) is 4.74 Å².